The second-order valence-corrected chi connectivity index (χ2v) is 7.54. The first-order valence-corrected chi connectivity index (χ1v) is 10.1. The third-order valence-electron chi connectivity index (χ3n) is 4.76. The zero-order chi connectivity index (χ0) is 18.5. The number of aromatic nitrogens is 2. The lowest BCUT2D eigenvalue weighted by atomic mass is 9.94. The summed E-state index contributed by atoms with van der Waals surface area (Å²) >= 11 is 1.61. The van der Waals surface area contributed by atoms with Crippen LogP contribution in [-0.2, 0) is 11.2 Å². The highest BCUT2D eigenvalue weighted by atomic mass is 32.1. The maximum atomic E-state index is 12.5. The molecule has 3 heterocycles. The van der Waals surface area contributed by atoms with Gasteiger partial charge in [0.2, 0.25) is 17.6 Å². The predicted octanol–water partition coefficient (Wildman–Crippen LogP) is 4.29. The van der Waals surface area contributed by atoms with Gasteiger partial charge in [-0.15, -0.1) is 0 Å². The minimum atomic E-state index is 0.0630. The van der Waals surface area contributed by atoms with Gasteiger partial charge in [0, 0.05) is 36.5 Å². The molecule has 1 aliphatic rings. The van der Waals surface area contributed by atoms with Crippen molar-refractivity contribution in [2.75, 3.05) is 13.1 Å². The van der Waals surface area contributed by atoms with Crippen LogP contribution in [-0.4, -0.2) is 34.0 Å². The number of hydrogen-bond donors (Lipinski definition) is 0. The second-order valence-electron chi connectivity index (χ2n) is 6.76. The number of likely N-dealkylation sites (tertiary alicyclic amines) is 1. The van der Waals surface area contributed by atoms with E-state index in [2.05, 4.69) is 10.1 Å². The van der Waals surface area contributed by atoms with E-state index >= 15 is 0 Å². The van der Waals surface area contributed by atoms with Crippen LogP contribution in [0, 0.1) is 5.92 Å². The molecule has 1 aromatic carbocycles. The van der Waals surface area contributed by atoms with Crippen molar-refractivity contribution in [3.63, 3.8) is 0 Å². The SMILES string of the molecule is O=C(/C=C\c1ccccc1)N1CCC[C@@H](Cc2nc(-c3ccsc3)no2)C1. The van der Waals surface area contributed by atoms with Gasteiger partial charge >= 0.3 is 0 Å². The normalized spacial score (nSPS) is 17.5. The Morgan fingerprint density at radius 3 is 3.00 bits per heavy atom. The van der Waals surface area contributed by atoms with Crippen molar-refractivity contribution in [3.8, 4) is 11.4 Å². The van der Waals surface area contributed by atoms with Gasteiger partial charge in [0.25, 0.3) is 0 Å². The third kappa shape index (κ3) is 4.52. The lowest BCUT2D eigenvalue weighted by Crippen LogP contribution is -2.39. The molecule has 0 N–H and O–H groups in total. The van der Waals surface area contributed by atoms with Crippen LogP contribution in [0.2, 0.25) is 0 Å². The lowest BCUT2D eigenvalue weighted by Gasteiger charge is -2.31. The van der Waals surface area contributed by atoms with Crippen molar-refractivity contribution >= 4 is 23.3 Å². The highest BCUT2D eigenvalue weighted by Gasteiger charge is 2.24. The Kier molecular flexibility index (Phi) is 5.44. The van der Waals surface area contributed by atoms with Gasteiger partial charge in [0.15, 0.2) is 0 Å². The van der Waals surface area contributed by atoms with Crippen molar-refractivity contribution in [2.45, 2.75) is 19.3 Å². The van der Waals surface area contributed by atoms with Crippen molar-refractivity contribution in [2.24, 2.45) is 5.92 Å². The van der Waals surface area contributed by atoms with Crippen LogP contribution >= 0.6 is 11.3 Å². The zero-order valence-electron chi connectivity index (χ0n) is 15.0. The highest BCUT2D eigenvalue weighted by molar-refractivity contribution is 7.08. The Bertz CT molecular complexity index is 903. The average Bonchev–Trinajstić information content (AvgIpc) is 3.39. The quantitative estimate of drug-likeness (QED) is 0.621. The van der Waals surface area contributed by atoms with Crippen LogP contribution in [0.5, 0.6) is 0 Å². The maximum absolute atomic E-state index is 12.5. The van der Waals surface area contributed by atoms with Crippen molar-refractivity contribution < 1.29 is 9.32 Å². The number of piperidine rings is 1. The average molecular weight is 379 g/mol. The summed E-state index contributed by atoms with van der Waals surface area (Å²) < 4.78 is 5.42. The van der Waals surface area contributed by atoms with E-state index in [1.807, 2.05) is 58.1 Å². The maximum Gasteiger partial charge on any atom is 0.246 e. The van der Waals surface area contributed by atoms with Gasteiger partial charge < -0.3 is 9.42 Å². The van der Waals surface area contributed by atoms with Crippen molar-refractivity contribution in [1.82, 2.24) is 15.0 Å². The molecule has 1 atom stereocenters. The van der Waals surface area contributed by atoms with Gasteiger partial charge in [0.1, 0.15) is 0 Å². The number of amides is 1. The molecule has 0 bridgehead atoms. The van der Waals surface area contributed by atoms with Crippen LogP contribution in [0.1, 0.15) is 24.3 Å². The molecule has 138 valence electrons. The number of rotatable bonds is 5. The minimum absolute atomic E-state index is 0.0630. The zero-order valence-corrected chi connectivity index (χ0v) is 15.8. The molecule has 27 heavy (non-hydrogen) atoms. The molecule has 1 aliphatic heterocycles. The summed E-state index contributed by atoms with van der Waals surface area (Å²) in [6.07, 6.45) is 6.32. The topological polar surface area (TPSA) is 59.2 Å². The van der Waals surface area contributed by atoms with Gasteiger partial charge in [0.05, 0.1) is 0 Å². The standard InChI is InChI=1S/C21H21N3O2S/c25-20(9-8-16-5-2-1-3-6-16)24-11-4-7-17(14-24)13-19-22-21(23-26-19)18-10-12-27-15-18/h1-3,5-6,8-10,12,15,17H,4,7,11,13-14H2/b9-8-/t17-/m0/s1. The van der Waals surface area contributed by atoms with E-state index in [1.165, 1.54) is 0 Å². The van der Waals surface area contributed by atoms with E-state index in [0.29, 0.717) is 24.1 Å². The van der Waals surface area contributed by atoms with Crippen LogP contribution in [0.4, 0.5) is 0 Å². The van der Waals surface area contributed by atoms with Gasteiger partial charge in [-0.05, 0) is 41.8 Å². The number of benzene rings is 1. The molecular weight excluding hydrogens is 358 g/mol. The molecule has 5 nitrogen and oxygen atoms in total. The first-order valence-electron chi connectivity index (χ1n) is 9.15. The summed E-state index contributed by atoms with van der Waals surface area (Å²) in [5, 5.41) is 8.08. The first-order chi connectivity index (χ1) is 13.3. The molecular formula is C21H21N3O2S. The summed E-state index contributed by atoms with van der Waals surface area (Å²) in [4.78, 5) is 18.9. The van der Waals surface area contributed by atoms with E-state index in [1.54, 1.807) is 17.4 Å². The van der Waals surface area contributed by atoms with E-state index in [0.717, 1.165) is 37.1 Å². The minimum Gasteiger partial charge on any atom is -0.339 e. The van der Waals surface area contributed by atoms with Gasteiger partial charge in [-0.3, -0.25) is 4.79 Å². The number of carbonyl (C=O) groups excluding carboxylic acids is 1. The summed E-state index contributed by atoms with van der Waals surface area (Å²) in [5.41, 5.74) is 2.02. The van der Waals surface area contributed by atoms with Gasteiger partial charge in [-0.2, -0.15) is 16.3 Å². The van der Waals surface area contributed by atoms with Crippen molar-refractivity contribution in [3.05, 3.63) is 64.7 Å². The monoisotopic (exact) mass is 379 g/mol. The number of carbonyl (C=O) groups is 1. The fourth-order valence-corrected chi connectivity index (χ4v) is 4.00. The summed E-state index contributed by atoms with van der Waals surface area (Å²) in [7, 11) is 0. The van der Waals surface area contributed by atoms with Gasteiger partial charge in [-0.25, -0.2) is 0 Å². The molecule has 0 unspecified atom stereocenters. The molecule has 0 spiro atoms. The summed E-state index contributed by atoms with van der Waals surface area (Å²) in [6.45, 7) is 1.53. The van der Waals surface area contributed by atoms with E-state index in [-0.39, 0.29) is 5.91 Å². The Balaban J connectivity index is 1.35. The molecule has 3 aromatic rings. The molecule has 0 saturated carbocycles. The second kappa shape index (κ2) is 8.31. The highest BCUT2D eigenvalue weighted by Crippen LogP contribution is 2.23. The Morgan fingerprint density at radius 2 is 2.19 bits per heavy atom. The molecule has 2 aromatic heterocycles. The van der Waals surface area contributed by atoms with Crippen LogP contribution < -0.4 is 0 Å². The smallest absolute Gasteiger partial charge is 0.246 e. The Hall–Kier alpha value is -2.73. The van der Waals surface area contributed by atoms with Crippen LogP contribution in [0.15, 0.2) is 57.8 Å². The third-order valence-corrected chi connectivity index (χ3v) is 5.44. The molecule has 4 rings (SSSR count). The summed E-state index contributed by atoms with van der Waals surface area (Å²) in [5.74, 6) is 1.70. The summed E-state index contributed by atoms with van der Waals surface area (Å²) in [6, 6.07) is 11.9. The fourth-order valence-electron chi connectivity index (χ4n) is 3.36. The fraction of sp³-hybridized carbons (Fsp3) is 0.286. The Morgan fingerprint density at radius 1 is 1.30 bits per heavy atom. The molecule has 1 fully saturated rings. The van der Waals surface area contributed by atoms with E-state index in [9.17, 15) is 4.79 Å². The predicted molar refractivity (Wildman–Crippen MR) is 106 cm³/mol. The molecule has 1 amide bonds. The van der Waals surface area contributed by atoms with Crippen LogP contribution in [0.25, 0.3) is 17.5 Å². The molecule has 0 aliphatic carbocycles. The molecule has 0 radical (unpaired) electrons. The number of thiophene rings is 1. The Labute approximate surface area is 162 Å². The van der Waals surface area contributed by atoms with Crippen LogP contribution in [0.3, 0.4) is 0 Å². The number of nitrogens with zero attached hydrogens (tertiary/aromatic N) is 3. The number of hydrogen-bond acceptors (Lipinski definition) is 5. The largest absolute Gasteiger partial charge is 0.339 e. The molecule has 1 saturated heterocycles. The van der Waals surface area contributed by atoms with Crippen molar-refractivity contribution in [1.29, 1.82) is 0 Å². The van der Waals surface area contributed by atoms with Gasteiger partial charge in [-0.1, -0.05) is 35.5 Å². The van der Waals surface area contributed by atoms with E-state index in [4.69, 9.17) is 4.52 Å². The molecule has 6 heteroatoms. The van der Waals surface area contributed by atoms with E-state index < -0.39 is 0 Å². The first kappa shape index (κ1) is 17.7. The lowest BCUT2D eigenvalue weighted by molar-refractivity contribution is -0.127.